The molecule has 12 heteroatoms. The van der Waals surface area contributed by atoms with Gasteiger partial charge >= 0.3 is 8.25 Å². The van der Waals surface area contributed by atoms with Crippen LogP contribution in [0.4, 0.5) is 0 Å². The molecule has 2 heterocycles. The highest BCUT2D eigenvalue weighted by Gasteiger charge is 2.22. The van der Waals surface area contributed by atoms with E-state index in [0.29, 0.717) is 11.6 Å². The molecule has 0 saturated heterocycles. The third-order valence-electron chi connectivity index (χ3n) is 1.84. The number of aryl methyl sites for hydroxylation is 2. The van der Waals surface area contributed by atoms with Gasteiger partial charge in [-0.2, -0.15) is 0 Å². The quantitative estimate of drug-likeness (QED) is 0.657. The molecule has 11 nitrogen and oxygen atoms in total. The van der Waals surface area contributed by atoms with Gasteiger partial charge in [0.1, 0.15) is 0 Å². The number of nitrogens with zero attached hydrogens (tertiary/aromatic N) is 8. The lowest BCUT2D eigenvalue weighted by Crippen LogP contribution is -2.04. The summed E-state index contributed by atoms with van der Waals surface area (Å²) in [5.41, 5.74) is 0. The fraction of sp³-hybridized carbons (Fsp3) is 0.500. The smallest absolute Gasteiger partial charge is 0.132 e. The highest BCUT2D eigenvalue weighted by atomic mass is 31.1. The first-order chi connectivity index (χ1) is 9.63. The van der Waals surface area contributed by atoms with Crippen molar-refractivity contribution in [3.05, 3.63) is 23.3 Å². The van der Waals surface area contributed by atoms with E-state index in [1.54, 1.807) is 13.8 Å². The molecule has 0 spiro atoms. The molecule has 2 rings (SSSR count). The predicted molar refractivity (Wildman–Crippen MR) is 61.9 cm³/mol. The van der Waals surface area contributed by atoms with Gasteiger partial charge in [-0.3, -0.25) is 0 Å². The maximum absolute atomic E-state index is 11.4. The summed E-state index contributed by atoms with van der Waals surface area (Å²) in [4.78, 5) is 0. The first kappa shape index (κ1) is 14.3. The highest BCUT2D eigenvalue weighted by Crippen LogP contribution is 2.25. The van der Waals surface area contributed by atoms with Crippen LogP contribution in [0.15, 0.2) is 0 Å². The van der Waals surface area contributed by atoms with Crippen molar-refractivity contribution < 1.29 is 13.6 Å². The summed E-state index contributed by atoms with van der Waals surface area (Å²) in [5.74, 6) is 1.28. The van der Waals surface area contributed by atoms with Crippen LogP contribution in [0.25, 0.3) is 0 Å². The summed E-state index contributed by atoms with van der Waals surface area (Å²) in [7, 11) is -2.36. The van der Waals surface area contributed by atoms with E-state index in [2.05, 4.69) is 40.8 Å². The van der Waals surface area contributed by atoms with Gasteiger partial charge < -0.3 is 0 Å². The second-order valence-electron chi connectivity index (χ2n) is 3.50. The van der Waals surface area contributed by atoms with E-state index in [4.69, 9.17) is 9.05 Å². The lowest BCUT2D eigenvalue weighted by molar-refractivity contribution is 0.202. The summed E-state index contributed by atoms with van der Waals surface area (Å²) in [6.07, 6.45) is 0. The van der Waals surface area contributed by atoms with Crippen LogP contribution >= 0.6 is 8.25 Å². The maximum Gasteiger partial charge on any atom is 0.698 e. The molecule has 0 radical (unpaired) electrons. The molecule has 0 atom stereocenters. The maximum atomic E-state index is 11.4. The second-order valence-corrected chi connectivity index (χ2v) is 4.46. The highest BCUT2D eigenvalue weighted by molar-refractivity contribution is 7.33. The van der Waals surface area contributed by atoms with Gasteiger partial charge in [-0.1, -0.05) is 0 Å². The third kappa shape index (κ3) is 4.53. The Morgan fingerprint density at radius 1 is 0.750 bits per heavy atom. The summed E-state index contributed by atoms with van der Waals surface area (Å²) < 4.78 is 21.2. The van der Waals surface area contributed by atoms with Crippen molar-refractivity contribution in [3.63, 3.8) is 0 Å². The van der Waals surface area contributed by atoms with E-state index in [-0.39, 0.29) is 24.9 Å². The van der Waals surface area contributed by atoms with Gasteiger partial charge in [0.25, 0.3) is 0 Å². The lowest BCUT2D eigenvalue weighted by Gasteiger charge is -1.93. The Kier molecular flexibility index (Phi) is 4.93. The van der Waals surface area contributed by atoms with E-state index in [9.17, 15) is 4.57 Å². The summed E-state index contributed by atoms with van der Waals surface area (Å²) in [6, 6.07) is 0. The van der Waals surface area contributed by atoms with E-state index in [0.717, 1.165) is 0 Å². The lowest BCUT2D eigenvalue weighted by atomic mass is 10.7. The molecule has 2 aromatic rings. The number of aromatic nitrogens is 8. The van der Waals surface area contributed by atoms with Crippen molar-refractivity contribution in [2.75, 3.05) is 0 Å². The Morgan fingerprint density at radius 3 is 1.45 bits per heavy atom. The van der Waals surface area contributed by atoms with Crippen molar-refractivity contribution in [1.82, 2.24) is 40.8 Å². The van der Waals surface area contributed by atoms with Crippen LogP contribution in [0.2, 0.25) is 0 Å². The molecule has 104 valence electrons. The molecule has 0 aliphatic carbocycles. The van der Waals surface area contributed by atoms with Gasteiger partial charge in [-0.15, -0.1) is 49.8 Å². The Morgan fingerprint density at radius 2 is 1.10 bits per heavy atom. The van der Waals surface area contributed by atoms with Crippen LogP contribution in [-0.4, -0.2) is 40.8 Å². The van der Waals surface area contributed by atoms with Crippen LogP contribution in [-0.2, 0) is 26.8 Å². The van der Waals surface area contributed by atoms with Crippen molar-refractivity contribution in [2.45, 2.75) is 27.1 Å². The van der Waals surface area contributed by atoms with Crippen molar-refractivity contribution in [3.8, 4) is 0 Å². The minimum absolute atomic E-state index is 0.124. The molecule has 0 aromatic carbocycles. The average Bonchev–Trinajstić information content (AvgIpc) is 2.46. The van der Waals surface area contributed by atoms with E-state index in [1.165, 1.54) is 0 Å². The fourth-order valence-electron chi connectivity index (χ4n) is 0.974. The standard InChI is InChI=1S/C8H10N8O3P/c1-5-9-13-7(14-10-5)3-18-20(17)19-4-8-15-11-6(2)12-16-8/h3-4H2,1-2H3/q+1. The molecule has 0 fully saturated rings. The Labute approximate surface area is 114 Å². The molecule has 0 N–H and O–H groups in total. The Hall–Kier alpha value is -2.10. The SMILES string of the molecule is Cc1nnc(CO[P+](=O)OCc2nnc(C)nn2)nn1. The van der Waals surface area contributed by atoms with Gasteiger partial charge in [0.05, 0.1) is 0 Å². The minimum Gasteiger partial charge on any atom is -0.132 e. The van der Waals surface area contributed by atoms with Gasteiger partial charge in [0.2, 0.25) is 11.6 Å². The van der Waals surface area contributed by atoms with E-state index in [1.807, 2.05) is 0 Å². The molecule has 0 amide bonds. The molecule has 0 unspecified atom stereocenters. The Balaban J connectivity index is 1.75. The number of rotatable bonds is 6. The van der Waals surface area contributed by atoms with Crippen molar-refractivity contribution >= 4 is 8.25 Å². The summed E-state index contributed by atoms with van der Waals surface area (Å²) in [6.45, 7) is 3.05. The van der Waals surface area contributed by atoms with Gasteiger partial charge in [0, 0.05) is 4.57 Å². The first-order valence-corrected chi connectivity index (χ1v) is 6.52. The van der Waals surface area contributed by atoms with Gasteiger partial charge in [-0.25, -0.2) is 0 Å². The Bertz CT molecular complexity index is 526. The van der Waals surface area contributed by atoms with Gasteiger partial charge in [-0.05, 0) is 13.8 Å². The molecule has 20 heavy (non-hydrogen) atoms. The van der Waals surface area contributed by atoms with Gasteiger partial charge in [0.15, 0.2) is 24.9 Å². The van der Waals surface area contributed by atoms with Crippen LogP contribution in [0.3, 0.4) is 0 Å². The third-order valence-corrected chi connectivity index (χ3v) is 2.52. The van der Waals surface area contributed by atoms with E-state index >= 15 is 0 Å². The average molecular weight is 297 g/mol. The van der Waals surface area contributed by atoms with Crippen LogP contribution in [0.5, 0.6) is 0 Å². The van der Waals surface area contributed by atoms with Crippen LogP contribution in [0.1, 0.15) is 23.3 Å². The zero-order chi connectivity index (χ0) is 14.4. The fourth-order valence-corrected chi connectivity index (χ4v) is 1.49. The van der Waals surface area contributed by atoms with Crippen LogP contribution < -0.4 is 0 Å². The molecule has 0 aliphatic heterocycles. The largest absolute Gasteiger partial charge is 0.698 e. The van der Waals surface area contributed by atoms with Crippen molar-refractivity contribution in [2.24, 2.45) is 0 Å². The topological polar surface area (TPSA) is 139 Å². The predicted octanol–water partition coefficient (Wildman–Crippen LogP) is -0.146. The summed E-state index contributed by atoms with van der Waals surface area (Å²) in [5, 5.41) is 29.5. The molecular formula is C8H10N8O3P+. The molecule has 0 aliphatic rings. The molecule has 0 bridgehead atoms. The van der Waals surface area contributed by atoms with Crippen LogP contribution in [0, 0.1) is 13.8 Å². The first-order valence-electron chi connectivity index (χ1n) is 5.42. The van der Waals surface area contributed by atoms with E-state index < -0.39 is 8.25 Å². The summed E-state index contributed by atoms with van der Waals surface area (Å²) >= 11 is 0. The second kappa shape index (κ2) is 6.89. The zero-order valence-corrected chi connectivity index (χ0v) is 11.6. The molecule has 2 aromatic heterocycles. The normalized spacial score (nSPS) is 10.5. The number of hydrogen-bond acceptors (Lipinski definition) is 11. The molecular weight excluding hydrogens is 287 g/mol. The monoisotopic (exact) mass is 297 g/mol. The molecule has 0 saturated carbocycles. The van der Waals surface area contributed by atoms with Crippen molar-refractivity contribution in [1.29, 1.82) is 0 Å². The number of hydrogen-bond donors (Lipinski definition) is 0. The zero-order valence-electron chi connectivity index (χ0n) is 10.7. The minimum atomic E-state index is -2.36.